The molecule has 0 spiro atoms. The number of hydrogen-bond acceptors (Lipinski definition) is 4. The predicted octanol–water partition coefficient (Wildman–Crippen LogP) is 0.809. The van der Waals surface area contributed by atoms with Crippen LogP contribution in [-0.4, -0.2) is 33.1 Å². The van der Waals surface area contributed by atoms with Crippen molar-refractivity contribution in [1.29, 1.82) is 0 Å². The number of carbonyl (C=O) groups is 2. The van der Waals surface area contributed by atoms with Gasteiger partial charge in [0.05, 0.1) is 17.7 Å². The number of carbonyl (C=O) groups excluding carboxylic acids is 1. The molecule has 0 bridgehead atoms. The molecule has 0 aliphatic carbocycles. The van der Waals surface area contributed by atoms with Crippen molar-refractivity contribution in [3.05, 3.63) is 42.5 Å². The number of nitrogens with zero attached hydrogens (tertiary/aromatic N) is 1. The van der Waals surface area contributed by atoms with E-state index in [0.29, 0.717) is 17.1 Å². The Kier molecular flexibility index (Phi) is 4.39. The number of aliphatic carboxylic acids is 1. The number of hydrogen-bond donors (Lipinski definition) is 5. The number of benzene rings is 1. The Hall–Kier alpha value is -3.03. The van der Waals surface area contributed by atoms with E-state index >= 15 is 0 Å². The van der Waals surface area contributed by atoms with Gasteiger partial charge in [-0.3, -0.25) is 0 Å². The summed E-state index contributed by atoms with van der Waals surface area (Å²) in [4.78, 5) is 29.6. The Morgan fingerprint density at radius 3 is 2.76 bits per heavy atom. The van der Waals surface area contributed by atoms with Crippen LogP contribution in [0, 0.1) is 0 Å². The molecule has 0 aliphatic heterocycles. The molecule has 0 unspecified atom stereocenters. The second-order valence-electron chi connectivity index (χ2n) is 4.36. The molecule has 0 aliphatic rings. The van der Waals surface area contributed by atoms with Crippen molar-refractivity contribution >= 4 is 23.4 Å². The van der Waals surface area contributed by atoms with E-state index < -0.39 is 18.0 Å². The highest BCUT2D eigenvalue weighted by Gasteiger charge is 2.21. The van der Waals surface area contributed by atoms with Crippen LogP contribution in [0.5, 0.6) is 0 Å². The number of aromatic amines is 1. The van der Waals surface area contributed by atoms with E-state index in [9.17, 15) is 9.59 Å². The molecule has 8 nitrogen and oxygen atoms in total. The zero-order valence-corrected chi connectivity index (χ0v) is 11.0. The monoisotopic (exact) mass is 289 g/mol. The number of nitrogens with one attached hydrogen (secondary N) is 3. The van der Waals surface area contributed by atoms with Crippen LogP contribution in [0.25, 0.3) is 0 Å². The van der Waals surface area contributed by atoms with E-state index in [-0.39, 0.29) is 6.42 Å². The third-order valence-electron chi connectivity index (χ3n) is 2.79. The Bertz CT molecular complexity index is 626. The zero-order valence-electron chi connectivity index (χ0n) is 11.0. The lowest BCUT2D eigenvalue weighted by Crippen LogP contribution is -2.44. The van der Waals surface area contributed by atoms with Gasteiger partial charge in [0.2, 0.25) is 0 Å². The van der Waals surface area contributed by atoms with Gasteiger partial charge >= 0.3 is 12.0 Å². The van der Waals surface area contributed by atoms with Gasteiger partial charge in [-0.25, -0.2) is 14.6 Å². The zero-order chi connectivity index (χ0) is 15.2. The number of nitrogens with two attached hydrogens (primary N) is 1. The average Bonchev–Trinajstić information content (AvgIpc) is 2.93. The van der Waals surface area contributed by atoms with Crippen molar-refractivity contribution in [1.82, 2.24) is 15.3 Å². The third kappa shape index (κ3) is 3.96. The summed E-state index contributed by atoms with van der Waals surface area (Å²) in [6.45, 7) is 0. The van der Waals surface area contributed by atoms with Crippen LogP contribution in [0.2, 0.25) is 0 Å². The number of para-hydroxylation sites is 2. The first-order valence-electron chi connectivity index (χ1n) is 6.18. The molecular weight excluding hydrogens is 274 g/mol. The Labute approximate surface area is 120 Å². The van der Waals surface area contributed by atoms with Gasteiger partial charge in [-0.1, -0.05) is 12.1 Å². The van der Waals surface area contributed by atoms with Crippen molar-refractivity contribution < 1.29 is 14.7 Å². The van der Waals surface area contributed by atoms with Crippen LogP contribution < -0.4 is 16.4 Å². The SMILES string of the molecule is Nc1ccccc1NC(=O)N[C@@H](Cc1cnc[nH]1)C(=O)O. The molecule has 6 N–H and O–H groups in total. The Balaban J connectivity index is 1.98. The normalized spacial score (nSPS) is 11.6. The van der Waals surface area contributed by atoms with E-state index in [0.717, 1.165) is 0 Å². The first-order chi connectivity index (χ1) is 10.1. The van der Waals surface area contributed by atoms with E-state index in [1.807, 2.05) is 0 Å². The number of rotatable bonds is 5. The van der Waals surface area contributed by atoms with Gasteiger partial charge in [0, 0.05) is 18.3 Å². The smallest absolute Gasteiger partial charge is 0.326 e. The molecule has 21 heavy (non-hydrogen) atoms. The highest BCUT2D eigenvalue weighted by Crippen LogP contribution is 2.16. The Morgan fingerprint density at radius 1 is 1.38 bits per heavy atom. The minimum absolute atomic E-state index is 0.104. The maximum atomic E-state index is 11.8. The summed E-state index contributed by atoms with van der Waals surface area (Å²) in [5.74, 6) is -1.14. The van der Waals surface area contributed by atoms with Crippen molar-refractivity contribution in [3.8, 4) is 0 Å². The van der Waals surface area contributed by atoms with Crippen molar-refractivity contribution in [2.24, 2.45) is 0 Å². The lowest BCUT2D eigenvalue weighted by Gasteiger charge is -2.15. The van der Waals surface area contributed by atoms with Crippen molar-refractivity contribution in [2.75, 3.05) is 11.1 Å². The van der Waals surface area contributed by atoms with E-state index in [1.54, 1.807) is 24.3 Å². The van der Waals surface area contributed by atoms with Gasteiger partial charge in [0.25, 0.3) is 0 Å². The van der Waals surface area contributed by atoms with Crippen LogP contribution >= 0.6 is 0 Å². The summed E-state index contributed by atoms with van der Waals surface area (Å²) in [7, 11) is 0. The first-order valence-corrected chi connectivity index (χ1v) is 6.18. The van der Waals surface area contributed by atoms with Crippen LogP contribution in [0.1, 0.15) is 5.69 Å². The highest BCUT2D eigenvalue weighted by atomic mass is 16.4. The summed E-state index contributed by atoms with van der Waals surface area (Å²) in [5, 5.41) is 14.0. The molecule has 2 rings (SSSR count). The van der Waals surface area contributed by atoms with Gasteiger partial charge in [0.1, 0.15) is 6.04 Å². The van der Waals surface area contributed by atoms with E-state index in [4.69, 9.17) is 10.8 Å². The number of amides is 2. The fourth-order valence-electron chi connectivity index (χ4n) is 1.74. The van der Waals surface area contributed by atoms with Gasteiger partial charge in [-0.2, -0.15) is 0 Å². The molecule has 1 aromatic heterocycles. The largest absolute Gasteiger partial charge is 0.480 e. The van der Waals surface area contributed by atoms with Crippen molar-refractivity contribution in [2.45, 2.75) is 12.5 Å². The van der Waals surface area contributed by atoms with Crippen molar-refractivity contribution in [3.63, 3.8) is 0 Å². The van der Waals surface area contributed by atoms with Crippen LogP contribution in [0.4, 0.5) is 16.2 Å². The van der Waals surface area contributed by atoms with Crippen LogP contribution in [-0.2, 0) is 11.2 Å². The summed E-state index contributed by atoms with van der Waals surface area (Å²) in [6, 6.07) is 4.99. The van der Waals surface area contributed by atoms with Gasteiger partial charge < -0.3 is 26.5 Å². The molecule has 1 atom stereocenters. The minimum atomic E-state index is -1.14. The fraction of sp³-hybridized carbons (Fsp3) is 0.154. The van der Waals surface area contributed by atoms with E-state index in [2.05, 4.69) is 20.6 Å². The molecule has 0 radical (unpaired) electrons. The lowest BCUT2D eigenvalue weighted by molar-refractivity contribution is -0.139. The van der Waals surface area contributed by atoms with Gasteiger partial charge in [-0.15, -0.1) is 0 Å². The maximum absolute atomic E-state index is 11.8. The number of anilines is 2. The lowest BCUT2D eigenvalue weighted by atomic mass is 10.1. The third-order valence-corrected chi connectivity index (χ3v) is 2.79. The number of H-pyrrole nitrogens is 1. The second kappa shape index (κ2) is 6.42. The number of carboxylic acids is 1. The minimum Gasteiger partial charge on any atom is -0.480 e. The van der Waals surface area contributed by atoms with Crippen LogP contribution in [0.3, 0.4) is 0 Å². The molecule has 1 aromatic carbocycles. The van der Waals surface area contributed by atoms with Crippen LogP contribution in [0.15, 0.2) is 36.8 Å². The van der Waals surface area contributed by atoms with Gasteiger partial charge in [0.15, 0.2) is 0 Å². The number of aromatic nitrogens is 2. The number of urea groups is 1. The average molecular weight is 289 g/mol. The number of nitrogen functional groups attached to an aromatic ring is 1. The predicted molar refractivity (Wildman–Crippen MR) is 76.7 cm³/mol. The standard InChI is InChI=1S/C13H15N5O3/c14-9-3-1-2-4-10(9)17-13(21)18-11(12(19)20)5-8-6-15-7-16-8/h1-4,6-7,11H,5,14H2,(H,15,16)(H,19,20)(H2,17,18,21)/t11-/m0/s1. The molecule has 0 saturated heterocycles. The van der Waals surface area contributed by atoms with E-state index in [1.165, 1.54) is 12.5 Å². The molecule has 0 saturated carbocycles. The summed E-state index contributed by atoms with van der Waals surface area (Å²) in [5.41, 5.74) is 7.12. The molecular formula is C13H15N5O3. The maximum Gasteiger partial charge on any atom is 0.326 e. The molecule has 1 heterocycles. The molecule has 2 aromatic rings. The summed E-state index contributed by atoms with van der Waals surface area (Å²) in [6.07, 6.45) is 3.05. The van der Waals surface area contributed by atoms with Gasteiger partial charge in [-0.05, 0) is 12.1 Å². The first kappa shape index (κ1) is 14.4. The second-order valence-corrected chi connectivity index (χ2v) is 4.36. The highest BCUT2D eigenvalue weighted by molar-refractivity contribution is 5.94. The fourth-order valence-corrected chi connectivity index (χ4v) is 1.74. The molecule has 110 valence electrons. The molecule has 0 fully saturated rings. The Morgan fingerprint density at radius 2 is 2.14 bits per heavy atom. The number of imidazole rings is 1. The number of carboxylic acid groups (broad SMARTS) is 1. The summed E-state index contributed by atoms with van der Waals surface area (Å²) >= 11 is 0. The molecule has 8 heteroatoms. The summed E-state index contributed by atoms with van der Waals surface area (Å²) < 4.78 is 0. The molecule has 2 amide bonds. The topological polar surface area (TPSA) is 133 Å². The quantitative estimate of drug-likeness (QED) is 0.519.